The van der Waals surface area contributed by atoms with Gasteiger partial charge in [-0.2, -0.15) is 0 Å². The molecule has 0 saturated heterocycles. The summed E-state index contributed by atoms with van der Waals surface area (Å²) >= 11 is -2.59. The number of benzene rings is 3. The van der Waals surface area contributed by atoms with Crippen molar-refractivity contribution in [3.63, 3.8) is 0 Å². The minimum absolute atomic E-state index is 1.27. The van der Waals surface area contributed by atoms with Crippen LogP contribution in [-0.4, -0.2) is 11.9 Å². The number of halogens is 1. The number of rotatable bonds is 1. The van der Waals surface area contributed by atoms with Crippen LogP contribution in [0.25, 0.3) is 11.1 Å². The van der Waals surface area contributed by atoms with Gasteiger partial charge in [0.2, 0.25) is 0 Å². The summed E-state index contributed by atoms with van der Waals surface area (Å²) in [7, 11) is 7.39. The van der Waals surface area contributed by atoms with Gasteiger partial charge in [0.05, 0.1) is 0 Å². The van der Waals surface area contributed by atoms with Gasteiger partial charge in [-0.25, -0.2) is 0 Å². The second kappa shape index (κ2) is 4.74. The van der Waals surface area contributed by atoms with E-state index in [1.165, 1.54) is 30.1 Å². The van der Waals surface area contributed by atoms with Gasteiger partial charge < -0.3 is 0 Å². The van der Waals surface area contributed by atoms with E-state index in [-0.39, 0.29) is 0 Å². The maximum absolute atomic E-state index is 7.39. The summed E-state index contributed by atoms with van der Waals surface area (Å²) in [5.41, 5.74) is 3.89. The predicted molar refractivity (Wildman–Crippen MR) is 93.6 cm³/mol. The molecule has 1 aliphatic rings. The minimum atomic E-state index is -2.59. The Bertz CT molecular complexity index is 793. The van der Waals surface area contributed by atoms with Crippen molar-refractivity contribution in [1.29, 1.82) is 0 Å². The molecule has 1 aliphatic heterocycles. The molecule has 0 radical (unpaired) electrons. The van der Waals surface area contributed by atoms with E-state index in [2.05, 4.69) is 79.7 Å². The van der Waals surface area contributed by atoms with Crippen molar-refractivity contribution in [3.05, 3.63) is 78.4 Å². The molecule has 0 atom stereocenters. The molecule has 0 aromatic heterocycles. The monoisotopic (exact) mass is 358 g/mol. The fourth-order valence-corrected chi connectivity index (χ4v) is 10.9. The Morgan fingerprint density at radius 2 is 1.29 bits per heavy atom. The summed E-state index contributed by atoms with van der Waals surface area (Å²) in [4.78, 5) is 0. The zero-order valence-electron chi connectivity index (χ0n) is 11.7. The van der Waals surface area contributed by atoms with Crippen LogP contribution in [0.2, 0.25) is 0 Å². The van der Waals surface area contributed by atoms with Gasteiger partial charge in [-0.05, 0) is 0 Å². The van der Waals surface area contributed by atoms with Gasteiger partial charge >= 0.3 is 132 Å². The zero-order chi connectivity index (χ0) is 14.4. The average molecular weight is 358 g/mol. The summed E-state index contributed by atoms with van der Waals surface area (Å²) in [6.45, 7) is 2.13. The first kappa shape index (κ1) is 13.2. The molecule has 0 spiro atoms. The molecule has 21 heavy (non-hydrogen) atoms. The van der Waals surface area contributed by atoms with Crippen LogP contribution in [0.1, 0.15) is 5.56 Å². The molecule has 3 aromatic rings. The van der Waals surface area contributed by atoms with E-state index in [0.29, 0.717) is 0 Å². The third kappa shape index (κ3) is 1.82. The summed E-state index contributed by atoms with van der Waals surface area (Å²) < 4.78 is 3.97. The van der Waals surface area contributed by atoms with Gasteiger partial charge in [0.15, 0.2) is 0 Å². The quantitative estimate of drug-likeness (QED) is 0.587. The first-order valence-electron chi connectivity index (χ1n) is 6.99. The van der Waals surface area contributed by atoms with E-state index in [1.807, 2.05) is 0 Å². The Morgan fingerprint density at radius 3 is 1.86 bits per heavy atom. The van der Waals surface area contributed by atoms with Gasteiger partial charge in [0, 0.05) is 0 Å². The Kier molecular flexibility index (Phi) is 2.97. The summed E-state index contributed by atoms with van der Waals surface area (Å²) in [5, 5.41) is 0. The van der Waals surface area contributed by atoms with Crippen LogP contribution in [0, 0.1) is 6.92 Å². The van der Waals surface area contributed by atoms with Crippen molar-refractivity contribution in [1.82, 2.24) is 0 Å². The molecule has 0 aliphatic carbocycles. The maximum atomic E-state index is 7.39. The second-order valence-electron chi connectivity index (χ2n) is 5.35. The molecule has 0 nitrogen and oxygen atoms in total. The molecule has 104 valence electrons. The van der Waals surface area contributed by atoms with Crippen LogP contribution < -0.4 is 13.4 Å². The number of aryl methyl sites for hydroxylation is 1. The van der Waals surface area contributed by atoms with Crippen LogP contribution in [0.5, 0.6) is 0 Å². The van der Waals surface area contributed by atoms with Crippen LogP contribution >= 0.6 is 10.1 Å². The normalized spacial score (nSPS) is 16.1. The zero-order valence-corrected chi connectivity index (χ0v) is 14.2. The summed E-state index contributed by atoms with van der Waals surface area (Å²) in [6.07, 6.45) is 0. The molecular weight excluding hydrogens is 343 g/mol. The molecule has 3 aromatic carbocycles. The van der Waals surface area contributed by atoms with Crippen LogP contribution in [0.3, 0.4) is 0 Å². The molecule has 0 amide bonds. The van der Waals surface area contributed by atoms with Gasteiger partial charge in [-0.3, -0.25) is 0 Å². The third-order valence-corrected chi connectivity index (χ3v) is 12.6. The van der Waals surface area contributed by atoms with Crippen molar-refractivity contribution in [3.8, 4) is 11.1 Å². The molecule has 2 heteroatoms. The van der Waals surface area contributed by atoms with Crippen molar-refractivity contribution >= 4 is 35.4 Å². The molecular formula is C19H15ClSe. The van der Waals surface area contributed by atoms with E-state index in [0.717, 1.165) is 0 Å². The first-order valence-corrected chi connectivity index (χ1v) is 11.8. The molecule has 0 unspecified atom stereocenters. The molecule has 0 fully saturated rings. The Morgan fingerprint density at radius 1 is 0.714 bits per heavy atom. The average Bonchev–Trinajstić information content (AvgIpc) is 2.79. The molecule has 4 rings (SSSR count). The van der Waals surface area contributed by atoms with E-state index < -0.39 is 11.9 Å². The van der Waals surface area contributed by atoms with Crippen molar-refractivity contribution in [2.45, 2.75) is 6.92 Å². The number of hydrogen-bond donors (Lipinski definition) is 0. The topological polar surface area (TPSA) is 0 Å². The van der Waals surface area contributed by atoms with E-state index in [9.17, 15) is 0 Å². The fraction of sp³-hybridized carbons (Fsp3) is 0.0526. The molecule has 0 bridgehead atoms. The van der Waals surface area contributed by atoms with Crippen LogP contribution in [-0.2, 0) is 0 Å². The van der Waals surface area contributed by atoms with Crippen molar-refractivity contribution in [2.24, 2.45) is 0 Å². The number of fused-ring (bicyclic) bond motifs is 3. The van der Waals surface area contributed by atoms with Gasteiger partial charge in [-0.15, -0.1) is 0 Å². The molecule has 0 N–H and O–H groups in total. The van der Waals surface area contributed by atoms with E-state index >= 15 is 0 Å². The summed E-state index contributed by atoms with van der Waals surface area (Å²) in [6, 6.07) is 25.9. The third-order valence-electron chi connectivity index (χ3n) is 3.98. The van der Waals surface area contributed by atoms with Gasteiger partial charge in [-0.1, -0.05) is 0 Å². The Balaban J connectivity index is 2.09. The van der Waals surface area contributed by atoms with Crippen LogP contribution in [0.4, 0.5) is 0 Å². The SMILES string of the molecule is Cc1cccc([Se]2(Cl)c3ccccc3-c3ccccc32)c1. The Labute approximate surface area is 131 Å². The second-order valence-corrected chi connectivity index (χ2v) is 12.8. The van der Waals surface area contributed by atoms with Crippen molar-refractivity contribution < 1.29 is 0 Å². The molecule has 0 saturated carbocycles. The molecule has 1 heterocycles. The predicted octanol–water partition coefficient (Wildman–Crippen LogP) is 3.18. The Hall–Kier alpha value is -1.53. The van der Waals surface area contributed by atoms with Gasteiger partial charge in [0.1, 0.15) is 0 Å². The van der Waals surface area contributed by atoms with Gasteiger partial charge in [0.25, 0.3) is 0 Å². The first-order chi connectivity index (χ1) is 10.2. The standard InChI is InChI=1S/C19H15ClSe/c1-14-7-6-8-15(13-14)21(20)18-11-4-2-9-16(18)17-10-3-5-12-19(17)21/h2-13H,1H3. The fourth-order valence-electron chi connectivity index (χ4n) is 3.03. The van der Waals surface area contributed by atoms with E-state index in [1.54, 1.807) is 0 Å². The van der Waals surface area contributed by atoms with Crippen molar-refractivity contribution in [2.75, 3.05) is 0 Å². The van der Waals surface area contributed by atoms with E-state index in [4.69, 9.17) is 10.1 Å². The summed E-state index contributed by atoms with van der Waals surface area (Å²) in [5.74, 6) is 0. The van der Waals surface area contributed by atoms with Crippen LogP contribution in [0.15, 0.2) is 72.8 Å². The number of hydrogen-bond acceptors (Lipinski definition) is 0.